The first-order chi connectivity index (χ1) is 6.97. The molecule has 3 heteroatoms. The molecule has 2 aliphatic rings. The first-order valence-electron chi connectivity index (χ1n) is 5.91. The minimum atomic E-state index is -0.370. The third kappa shape index (κ3) is 2.33. The Kier molecular flexibility index (Phi) is 2.75. The van der Waals surface area contributed by atoms with E-state index in [-0.39, 0.29) is 17.5 Å². The van der Waals surface area contributed by atoms with Crippen molar-refractivity contribution in [1.82, 2.24) is 5.32 Å². The summed E-state index contributed by atoms with van der Waals surface area (Å²) in [4.78, 5) is 11.7. The van der Waals surface area contributed by atoms with Crippen molar-refractivity contribution in [2.75, 3.05) is 6.54 Å². The molecule has 0 amide bonds. The molecule has 86 valence electrons. The standard InChI is InChI=1S/C12H21NO2/c1-12(2,3)11(14)15-9-6-8-4-5-13-10(8)7-9/h8-10,13H,4-7H2,1-3H3. The maximum Gasteiger partial charge on any atom is 0.311 e. The average Bonchev–Trinajstić information content (AvgIpc) is 2.61. The lowest BCUT2D eigenvalue weighted by Gasteiger charge is -2.20. The fraction of sp³-hybridized carbons (Fsp3) is 0.917. The second-order valence-corrected chi connectivity index (χ2v) is 5.86. The Morgan fingerprint density at radius 1 is 1.33 bits per heavy atom. The van der Waals surface area contributed by atoms with Crippen molar-refractivity contribution < 1.29 is 9.53 Å². The van der Waals surface area contributed by atoms with Gasteiger partial charge in [-0.2, -0.15) is 0 Å². The van der Waals surface area contributed by atoms with E-state index in [4.69, 9.17) is 4.74 Å². The number of fused-ring (bicyclic) bond motifs is 1. The summed E-state index contributed by atoms with van der Waals surface area (Å²) in [6.07, 6.45) is 3.46. The van der Waals surface area contributed by atoms with Crippen molar-refractivity contribution in [2.45, 2.75) is 52.2 Å². The number of carbonyl (C=O) groups is 1. The molecule has 1 heterocycles. The summed E-state index contributed by atoms with van der Waals surface area (Å²) in [6, 6.07) is 0.600. The Hall–Kier alpha value is -0.570. The summed E-state index contributed by atoms with van der Waals surface area (Å²) in [5.41, 5.74) is -0.370. The highest BCUT2D eigenvalue weighted by atomic mass is 16.5. The molecule has 1 saturated carbocycles. The van der Waals surface area contributed by atoms with Gasteiger partial charge < -0.3 is 10.1 Å². The minimum absolute atomic E-state index is 0.0625. The van der Waals surface area contributed by atoms with Crippen molar-refractivity contribution in [3.05, 3.63) is 0 Å². The molecular formula is C12H21NO2. The van der Waals surface area contributed by atoms with E-state index in [9.17, 15) is 4.79 Å². The first-order valence-corrected chi connectivity index (χ1v) is 5.91. The lowest BCUT2D eigenvalue weighted by Crippen LogP contribution is -2.29. The van der Waals surface area contributed by atoms with Crippen LogP contribution in [-0.4, -0.2) is 24.7 Å². The Bertz CT molecular complexity index is 245. The number of carbonyl (C=O) groups excluding carboxylic acids is 1. The van der Waals surface area contributed by atoms with Gasteiger partial charge in [-0.15, -0.1) is 0 Å². The summed E-state index contributed by atoms with van der Waals surface area (Å²) in [6.45, 7) is 6.85. The molecule has 0 aromatic rings. The quantitative estimate of drug-likeness (QED) is 0.671. The van der Waals surface area contributed by atoms with Gasteiger partial charge in [-0.05, 0) is 52.5 Å². The molecule has 0 bridgehead atoms. The van der Waals surface area contributed by atoms with Crippen LogP contribution >= 0.6 is 0 Å². The fourth-order valence-corrected chi connectivity index (χ4v) is 2.52. The van der Waals surface area contributed by atoms with Crippen LogP contribution in [0.3, 0.4) is 0 Å². The summed E-state index contributed by atoms with van der Waals surface area (Å²) < 4.78 is 5.53. The average molecular weight is 211 g/mol. The molecule has 1 saturated heterocycles. The van der Waals surface area contributed by atoms with Crippen molar-refractivity contribution >= 4 is 5.97 Å². The van der Waals surface area contributed by atoms with Gasteiger partial charge in [0.1, 0.15) is 6.10 Å². The Morgan fingerprint density at radius 2 is 2.07 bits per heavy atom. The number of hydrogen-bond acceptors (Lipinski definition) is 3. The highest BCUT2D eigenvalue weighted by Gasteiger charge is 2.39. The first kappa shape index (κ1) is 10.9. The van der Waals surface area contributed by atoms with Crippen LogP contribution in [0.5, 0.6) is 0 Å². The van der Waals surface area contributed by atoms with E-state index in [1.54, 1.807) is 0 Å². The van der Waals surface area contributed by atoms with Gasteiger partial charge in [-0.3, -0.25) is 4.79 Å². The lowest BCUT2D eigenvalue weighted by molar-refractivity contribution is -0.158. The van der Waals surface area contributed by atoms with Gasteiger partial charge in [0.05, 0.1) is 5.41 Å². The predicted octanol–water partition coefficient (Wildman–Crippen LogP) is 1.72. The van der Waals surface area contributed by atoms with E-state index >= 15 is 0 Å². The van der Waals surface area contributed by atoms with Crippen LogP contribution in [0.4, 0.5) is 0 Å². The summed E-state index contributed by atoms with van der Waals surface area (Å²) in [5.74, 6) is 0.676. The van der Waals surface area contributed by atoms with Crippen molar-refractivity contribution in [2.24, 2.45) is 11.3 Å². The zero-order chi connectivity index (χ0) is 11.1. The van der Waals surface area contributed by atoms with Gasteiger partial charge in [0, 0.05) is 6.04 Å². The molecule has 2 fully saturated rings. The van der Waals surface area contributed by atoms with Crippen LogP contribution in [0.25, 0.3) is 0 Å². The molecule has 0 aromatic heterocycles. The molecule has 3 unspecified atom stereocenters. The van der Waals surface area contributed by atoms with Crippen LogP contribution in [0.15, 0.2) is 0 Å². The molecular weight excluding hydrogens is 190 g/mol. The monoisotopic (exact) mass is 211 g/mol. The molecule has 1 aliphatic carbocycles. The van der Waals surface area contributed by atoms with Gasteiger partial charge in [0.15, 0.2) is 0 Å². The zero-order valence-electron chi connectivity index (χ0n) is 9.88. The predicted molar refractivity (Wildman–Crippen MR) is 58.5 cm³/mol. The second kappa shape index (κ2) is 3.78. The largest absolute Gasteiger partial charge is 0.462 e. The van der Waals surface area contributed by atoms with Gasteiger partial charge in [0.25, 0.3) is 0 Å². The van der Waals surface area contributed by atoms with E-state index in [1.165, 1.54) is 6.42 Å². The molecule has 0 spiro atoms. The molecule has 0 radical (unpaired) electrons. The smallest absolute Gasteiger partial charge is 0.311 e. The lowest BCUT2D eigenvalue weighted by atomic mass is 9.97. The number of ether oxygens (including phenoxy) is 1. The Balaban J connectivity index is 1.85. The van der Waals surface area contributed by atoms with Gasteiger partial charge in [-0.25, -0.2) is 0 Å². The SMILES string of the molecule is CC(C)(C)C(=O)OC1CC2CCNC2C1. The van der Waals surface area contributed by atoms with E-state index in [0.29, 0.717) is 6.04 Å². The highest BCUT2D eigenvalue weighted by molar-refractivity contribution is 5.75. The number of hydrogen-bond donors (Lipinski definition) is 1. The summed E-state index contributed by atoms with van der Waals surface area (Å²) >= 11 is 0. The van der Waals surface area contributed by atoms with Crippen molar-refractivity contribution in [3.63, 3.8) is 0 Å². The second-order valence-electron chi connectivity index (χ2n) is 5.86. The normalized spacial score (nSPS) is 35.3. The topological polar surface area (TPSA) is 38.3 Å². The molecule has 3 nitrogen and oxygen atoms in total. The molecule has 1 aliphatic heterocycles. The maximum absolute atomic E-state index is 11.7. The van der Waals surface area contributed by atoms with Gasteiger partial charge in [-0.1, -0.05) is 0 Å². The fourth-order valence-electron chi connectivity index (χ4n) is 2.52. The highest BCUT2D eigenvalue weighted by Crippen LogP contribution is 2.35. The third-order valence-electron chi connectivity index (χ3n) is 3.46. The summed E-state index contributed by atoms with van der Waals surface area (Å²) in [5, 5.41) is 3.47. The molecule has 15 heavy (non-hydrogen) atoms. The molecule has 3 atom stereocenters. The van der Waals surface area contributed by atoms with E-state index < -0.39 is 0 Å². The number of esters is 1. The summed E-state index contributed by atoms with van der Waals surface area (Å²) in [7, 11) is 0. The van der Waals surface area contributed by atoms with E-state index in [1.807, 2.05) is 20.8 Å². The number of rotatable bonds is 1. The van der Waals surface area contributed by atoms with E-state index in [0.717, 1.165) is 25.3 Å². The third-order valence-corrected chi connectivity index (χ3v) is 3.46. The minimum Gasteiger partial charge on any atom is -0.462 e. The van der Waals surface area contributed by atoms with Crippen LogP contribution in [0.2, 0.25) is 0 Å². The van der Waals surface area contributed by atoms with Gasteiger partial charge >= 0.3 is 5.97 Å². The zero-order valence-corrected chi connectivity index (χ0v) is 9.88. The Labute approximate surface area is 91.6 Å². The van der Waals surface area contributed by atoms with Crippen molar-refractivity contribution in [1.29, 1.82) is 0 Å². The number of nitrogens with one attached hydrogen (secondary N) is 1. The van der Waals surface area contributed by atoms with Crippen molar-refractivity contribution in [3.8, 4) is 0 Å². The van der Waals surface area contributed by atoms with Crippen LogP contribution < -0.4 is 5.32 Å². The molecule has 2 rings (SSSR count). The van der Waals surface area contributed by atoms with Crippen LogP contribution in [-0.2, 0) is 9.53 Å². The van der Waals surface area contributed by atoms with E-state index in [2.05, 4.69) is 5.32 Å². The van der Waals surface area contributed by atoms with Gasteiger partial charge in [0.2, 0.25) is 0 Å². The van der Waals surface area contributed by atoms with Crippen LogP contribution in [0, 0.1) is 11.3 Å². The molecule has 1 N–H and O–H groups in total. The maximum atomic E-state index is 11.7. The molecule has 0 aromatic carbocycles. The van der Waals surface area contributed by atoms with Crippen LogP contribution in [0.1, 0.15) is 40.0 Å². The Morgan fingerprint density at radius 3 is 2.67 bits per heavy atom.